The third-order valence-corrected chi connectivity index (χ3v) is 6.13. The third kappa shape index (κ3) is 7.09. The van der Waals surface area contributed by atoms with Crippen molar-refractivity contribution in [1.29, 1.82) is 0 Å². The maximum absolute atomic E-state index is 13.4. The number of anilines is 1. The molecule has 0 radical (unpaired) electrons. The highest BCUT2D eigenvalue weighted by molar-refractivity contribution is 7.92. The van der Waals surface area contributed by atoms with Crippen LogP contribution in [0.15, 0.2) is 54.6 Å². The lowest BCUT2D eigenvalue weighted by atomic mass is 10.1. The minimum absolute atomic E-state index is 0.191. The van der Waals surface area contributed by atoms with Crippen molar-refractivity contribution in [3.63, 3.8) is 0 Å². The molecule has 32 heavy (non-hydrogen) atoms. The van der Waals surface area contributed by atoms with Gasteiger partial charge in [0, 0.05) is 12.1 Å². The van der Waals surface area contributed by atoms with Crippen LogP contribution in [0.2, 0.25) is 0 Å². The van der Waals surface area contributed by atoms with Crippen molar-refractivity contribution >= 4 is 27.5 Å². The zero-order chi connectivity index (χ0) is 24.1. The topological polar surface area (TPSA) is 86.8 Å². The first-order valence-electron chi connectivity index (χ1n) is 10.5. The maximum atomic E-state index is 13.4. The minimum Gasteiger partial charge on any atom is -0.350 e. The second-order valence-electron chi connectivity index (χ2n) is 8.97. The Morgan fingerprint density at radius 3 is 2.09 bits per heavy atom. The Balaban J connectivity index is 2.39. The Morgan fingerprint density at radius 1 is 1.00 bits per heavy atom. The molecule has 7 nitrogen and oxygen atoms in total. The Hall–Kier alpha value is -2.87. The molecule has 0 saturated carbocycles. The molecule has 0 aromatic heterocycles. The smallest absolute Gasteiger partial charge is 0.244 e. The van der Waals surface area contributed by atoms with E-state index in [1.165, 1.54) is 4.90 Å². The summed E-state index contributed by atoms with van der Waals surface area (Å²) in [6.45, 7) is 8.98. The van der Waals surface area contributed by atoms with Crippen LogP contribution in [0, 0.1) is 6.92 Å². The van der Waals surface area contributed by atoms with Gasteiger partial charge in [-0.1, -0.05) is 42.5 Å². The van der Waals surface area contributed by atoms with Crippen LogP contribution in [0.1, 0.15) is 38.8 Å². The quantitative estimate of drug-likeness (QED) is 0.657. The molecular formula is C24H33N3O4S. The number of para-hydroxylation sites is 1. The van der Waals surface area contributed by atoms with E-state index < -0.39 is 34.1 Å². The molecule has 0 aliphatic carbocycles. The van der Waals surface area contributed by atoms with Gasteiger partial charge in [-0.25, -0.2) is 8.42 Å². The summed E-state index contributed by atoms with van der Waals surface area (Å²) in [5, 5.41) is 2.91. The first-order chi connectivity index (χ1) is 14.8. The van der Waals surface area contributed by atoms with Gasteiger partial charge in [-0.3, -0.25) is 13.9 Å². The fourth-order valence-electron chi connectivity index (χ4n) is 3.24. The zero-order valence-corrected chi connectivity index (χ0v) is 20.4. The number of hydrogen-bond acceptors (Lipinski definition) is 4. The van der Waals surface area contributed by atoms with Crippen LogP contribution in [-0.2, 0) is 26.2 Å². The lowest BCUT2D eigenvalue weighted by Crippen LogP contribution is -2.54. The Labute approximate surface area is 191 Å². The van der Waals surface area contributed by atoms with Gasteiger partial charge < -0.3 is 10.2 Å². The molecule has 8 heteroatoms. The average Bonchev–Trinajstić information content (AvgIpc) is 2.69. The molecule has 174 valence electrons. The fraction of sp³-hybridized carbons (Fsp3) is 0.417. The Bertz CT molecular complexity index is 1050. The van der Waals surface area contributed by atoms with Crippen molar-refractivity contribution in [1.82, 2.24) is 10.2 Å². The normalized spacial score (nSPS) is 12.7. The predicted octanol–water partition coefficient (Wildman–Crippen LogP) is 3.09. The summed E-state index contributed by atoms with van der Waals surface area (Å²) in [7, 11) is -3.72. The highest BCUT2D eigenvalue weighted by Gasteiger charge is 2.31. The lowest BCUT2D eigenvalue weighted by molar-refractivity contribution is -0.140. The maximum Gasteiger partial charge on any atom is 0.244 e. The van der Waals surface area contributed by atoms with Crippen LogP contribution in [0.25, 0.3) is 0 Å². The number of hydrogen-bond donors (Lipinski definition) is 1. The summed E-state index contributed by atoms with van der Waals surface area (Å²) in [4.78, 5) is 27.8. The molecule has 2 aromatic carbocycles. The molecule has 0 aliphatic rings. The Morgan fingerprint density at radius 2 is 1.56 bits per heavy atom. The third-order valence-electron chi connectivity index (χ3n) is 4.99. The summed E-state index contributed by atoms with van der Waals surface area (Å²) in [5.41, 5.74) is 1.80. The molecule has 2 rings (SSSR count). The summed E-state index contributed by atoms with van der Waals surface area (Å²) in [5.74, 6) is -0.760. The van der Waals surface area contributed by atoms with Crippen LogP contribution in [0.5, 0.6) is 0 Å². The van der Waals surface area contributed by atoms with E-state index in [0.717, 1.165) is 21.7 Å². The van der Waals surface area contributed by atoms with Gasteiger partial charge in [0.15, 0.2) is 0 Å². The molecule has 2 aromatic rings. The van der Waals surface area contributed by atoms with Gasteiger partial charge in [-0.2, -0.15) is 0 Å². The van der Waals surface area contributed by atoms with Gasteiger partial charge in [-0.05, 0) is 57.9 Å². The highest BCUT2D eigenvalue weighted by Crippen LogP contribution is 2.19. The summed E-state index contributed by atoms with van der Waals surface area (Å²) >= 11 is 0. The molecule has 0 bridgehead atoms. The number of amides is 2. The van der Waals surface area contributed by atoms with E-state index in [1.807, 2.05) is 52.0 Å². The number of rotatable bonds is 8. The molecule has 1 N–H and O–H groups in total. The molecule has 1 unspecified atom stereocenters. The monoisotopic (exact) mass is 459 g/mol. The van der Waals surface area contributed by atoms with Crippen molar-refractivity contribution in [3.05, 3.63) is 65.7 Å². The summed E-state index contributed by atoms with van der Waals surface area (Å²) in [6, 6.07) is 15.3. The van der Waals surface area contributed by atoms with Crippen molar-refractivity contribution in [2.45, 2.75) is 52.7 Å². The Kier molecular flexibility index (Phi) is 8.07. The van der Waals surface area contributed by atoms with Gasteiger partial charge in [0.25, 0.3) is 0 Å². The summed E-state index contributed by atoms with van der Waals surface area (Å²) in [6.07, 6.45) is 1.06. The van der Waals surface area contributed by atoms with Gasteiger partial charge in [0.2, 0.25) is 21.8 Å². The van der Waals surface area contributed by atoms with Gasteiger partial charge in [-0.15, -0.1) is 0 Å². The van der Waals surface area contributed by atoms with E-state index in [0.29, 0.717) is 5.69 Å². The van der Waals surface area contributed by atoms with Crippen LogP contribution in [-0.4, -0.2) is 49.5 Å². The van der Waals surface area contributed by atoms with Crippen LogP contribution in [0.4, 0.5) is 5.69 Å². The first-order valence-corrected chi connectivity index (χ1v) is 12.3. The van der Waals surface area contributed by atoms with Crippen molar-refractivity contribution in [2.24, 2.45) is 0 Å². The van der Waals surface area contributed by atoms with Gasteiger partial charge in [0.05, 0.1) is 11.9 Å². The standard InChI is InChI=1S/C24H33N3O4S/c1-18-12-10-11-13-20(18)16-26(19(2)23(29)25-24(3,4)5)22(28)17-27(32(6,30)31)21-14-8-7-9-15-21/h7-15,19H,16-17H2,1-6H3,(H,25,29). The lowest BCUT2D eigenvalue weighted by Gasteiger charge is -2.33. The highest BCUT2D eigenvalue weighted by atomic mass is 32.2. The van der Waals surface area contributed by atoms with Crippen molar-refractivity contribution < 1.29 is 18.0 Å². The molecule has 0 aliphatic heterocycles. The molecule has 0 saturated heterocycles. The van der Waals surface area contributed by atoms with Crippen LogP contribution >= 0.6 is 0 Å². The van der Waals surface area contributed by atoms with E-state index >= 15 is 0 Å². The number of carbonyl (C=O) groups excluding carboxylic acids is 2. The molecule has 0 spiro atoms. The molecule has 0 heterocycles. The van der Waals surface area contributed by atoms with E-state index in [-0.39, 0.29) is 12.5 Å². The number of nitrogens with zero attached hydrogens (tertiary/aromatic N) is 2. The summed E-state index contributed by atoms with van der Waals surface area (Å²) < 4.78 is 26.0. The van der Waals surface area contributed by atoms with Gasteiger partial charge >= 0.3 is 0 Å². The minimum atomic E-state index is -3.72. The number of aryl methyl sites for hydroxylation is 1. The zero-order valence-electron chi connectivity index (χ0n) is 19.6. The fourth-order valence-corrected chi connectivity index (χ4v) is 4.09. The SMILES string of the molecule is Cc1ccccc1CN(C(=O)CN(c1ccccc1)S(C)(=O)=O)C(C)C(=O)NC(C)(C)C. The second-order valence-corrected chi connectivity index (χ2v) is 10.9. The van der Waals surface area contributed by atoms with E-state index in [2.05, 4.69) is 5.32 Å². The number of carbonyl (C=O) groups is 2. The van der Waals surface area contributed by atoms with Crippen LogP contribution < -0.4 is 9.62 Å². The predicted molar refractivity (Wildman–Crippen MR) is 128 cm³/mol. The molecular weight excluding hydrogens is 426 g/mol. The van der Waals surface area contributed by atoms with E-state index in [4.69, 9.17) is 0 Å². The van der Waals surface area contributed by atoms with E-state index in [1.54, 1.807) is 37.3 Å². The van der Waals surface area contributed by atoms with Gasteiger partial charge in [0.1, 0.15) is 12.6 Å². The van der Waals surface area contributed by atoms with Crippen molar-refractivity contribution in [3.8, 4) is 0 Å². The van der Waals surface area contributed by atoms with Crippen LogP contribution in [0.3, 0.4) is 0 Å². The molecule has 0 fully saturated rings. The number of benzene rings is 2. The largest absolute Gasteiger partial charge is 0.350 e. The van der Waals surface area contributed by atoms with Crippen molar-refractivity contribution in [2.75, 3.05) is 17.1 Å². The molecule has 1 atom stereocenters. The average molecular weight is 460 g/mol. The van der Waals surface area contributed by atoms with E-state index in [9.17, 15) is 18.0 Å². The number of nitrogens with one attached hydrogen (secondary N) is 1. The number of sulfonamides is 1. The first kappa shape index (κ1) is 25.4. The second kappa shape index (κ2) is 10.2. The molecule has 2 amide bonds.